The Morgan fingerprint density at radius 1 is 1.05 bits per heavy atom. The highest BCUT2D eigenvalue weighted by Crippen LogP contribution is 2.37. The van der Waals surface area contributed by atoms with Crippen molar-refractivity contribution in [3.63, 3.8) is 0 Å². The maximum absolute atomic E-state index is 13.4. The molecule has 3 aromatic rings. The largest absolute Gasteiger partial charge is 0.496 e. The van der Waals surface area contributed by atoms with Gasteiger partial charge in [-0.15, -0.1) is 0 Å². The molecule has 40 heavy (non-hydrogen) atoms. The highest BCUT2D eigenvalue weighted by Gasteiger charge is 2.52. The van der Waals surface area contributed by atoms with Crippen LogP contribution in [0.1, 0.15) is 50.2 Å². The van der Waals surface area contributed by atoms with E-state index in [9.17, 15) is 18.0 Å². The fraction of sp³-hybridized carbons (Fsp3) is 0.429. The van der Waals surface area contributed by atoms with Gasteiger partial charge in [-0.2, -0.15) is 13.2 Å². The van der Waals surface area contributed by atoms with Gasteiger partial charge in [-0.1, -0.05) is 48.0 Å². The second kappa shape index (κ2) is 10.5. The van der Waals surface area contributed by atoms with Crippen LogP contribution < -0.4 is 15.8 Å². The molecular formula is C28H30BClF3N3O4. The summed E-state index contributed by atoms with van der Waals surface area (Å²) in [5.74, 6) is -0.249. The first-order chi connectivity index (χ1) is 18.7. The number of aromatic nitrogens is 2. The maximum Gasteiger partial charge on any atom is 0.496 e. The van der Waals surface area contributed by atoms with Gasteiger partial charge in [0.2, 0.25) is 5.75 Å². The minimum atomic E-state index is -4.61. The fourth-order valence-electron chi connectivity index (χ4n) is 4.77. The van der Waals surface area contributed by atoms with E-state index in [0.717, 1.165) is 11.1 Å². The van der Waals surface area contributed by atoms with Crippen molar-refractivity contribution in [2.75, 3.05) is 0 Å². The number of halogens is 4. The van der Waals surface area contributed by atoms with Crippen LogP contribution >= 0.6 is 11.6 Å². The molecule has 0 unspecified atom stereocenters. The summed E-state index contributed by atoms with van der Waals surface area (Å²) in [4.78, 5) is 19.3. The summed E-state index contributed by atoms with van der Waals surface area (Å²) < 4.78 is 58.7. The van der Waals surface area contributed by atoms with Crippen molar-refractivity contribution >= 4 is 24.2 Å². The van der Waals surface area contributed by atoms with E-state index in [1.807, 2.05) is 56.9 Å². The second-order valence-corrected chi connectivity index (χ2v) is 11.6. The monoisotopic (exact) mass is 575 g/mol. The third-order valence-electron chi connectivity index (χ3n) is 7.67. The molecule has 12 heteroatoms. The summed E-state index contributed by atoms with van der Waals surface area (Å²) in [6.45, 7) is 7.45. The maximum atomic E-state index is 13.4. The fourth-order valence-corrected chi connectivity index (χ4v) is 5.07. The Bertz CT molecular complexity index is 1440. The Morgan fingerprint density at radius 2 is 1.68 bits per heavy atom. The highest BCUT2D eigenvalue weighted by molar-refractivity contribution is 6.65. The molecular weight excluding hydrogens is 546 g/mol. The quantitative estimate of drug-likeness (QED) is 0.375. The van der Waals surface area contributed by atoms with Crippen LogP contribution in [0.4, 0.5) is 13.2 Å². The van der Waals surface area contributed by atoms with E-state index in [0.29, 0.717) is 33.7 Å². The van der Waals surface area contributed by atoms with Crippen molar-refractivity contribution in [2.45, 2.75) is 77.9 Å². The van der Waals surface area contributed by atoms with Crippen LogP contribution in [-0.4, -0.2) is 38.9 Å². The molecule has 0 spiro atoms. The predicted molar refractivity (Wildman–Crippen MR) is 145 cm³/mol. The van der Waals surface area contributed by atoms with Gasteiger partial charge in [0.1, 0.15) is 19.0 Å². The van der Waals surface area contributed by atoms with Crippen molar-refractivity contribution < 1.29 is 27.2 Å². The first kappa shape index (κ1) is 28.7. The summed E-state index contributed by atoms with van der Waals surface area (Å²) in [7, 11) is -0.651. The van der Waals surface area contributed by atoms with Crippen LogP contribution in [0.5, 0.6) is 5.75 Å². The molecule has 7 nitrogen and oxygen atoms in total. The molecule has 0 radical (unpaired) electrons. The summed E-state index contributed by atoms with van der Waals surface area (Å²) in [6.07, 6.45) is -3.42. The summed E-state index contributed by atoms with van der Waals surface area (Å²) in [5, 5.41) is 0.383. The van der Waals surface area contributed by atoms with Gasteiger partial charge in [0, 0.05) is 23.6 Å². The zero-order valence-corrected chi connectivity index (χ0v) is 23.5. The molecule has 1 aromatic heterocycles. The van der Waals surface area contributed by atoms with Gasteiger partial charge in [-0.25, -0.2) is 4.98 Å². The second-order valence-electron chi connectivity index (χ2n) is 11.2. The van der Waals surface area contributed by atoms with Gasteiger partial charge in [0.05, 0.1) is 23.9 Å². The van der Waals surface area contributed by atoms with Crippen LogP contribution in [0, 0.1) is 0 Å². The van der Waals surface area contributed by atoms with Crippen LogP contribution in [0.2, 0.25) is 5.02 Å². The SMILES string of the molecule is CC1(C)OB(c2ccc(COc3cnc(CN4Cc5ccccc5C4)n(CC(F)(F)F)c3=O)cc2Cl)OC1(C)C. The van der Waals surface area contributed by atoms with E-state index in [-0.39, 0.29) is 24.7 Å². The number of hydrogen-bond acceptors (Lipinski definition) is 6. The molecule has 0 bridgehead atoms. The number of fused-ring (bicyclic) bond motifs is 1. The Morgan fingerprint density at radius 3 is 2.25 bits per heavy atom. The number of alkyl halides is 3. The summed E-state index contributed by atoms with van der Waals surface area (Å²) >= 11 is 6.52. The van der Waals surface area contributed by atoms with E-state index in [1.54, 1.807) is 18.2 Å². The lowest BCUT2D eigenvalue weighted by Crippen LogP contribution is -2.41. The Balaban J connectivity index is 1.31. The third kappa shape index (κ3) is 5.93. The normalized spacial score (nSPS) is 18.2. The van der Waals surface area contributed by atoms with E-state index in [4.69, 9.17) is 25.6 Å². The lowest BCUT2D eigenvalue weighted by Gasteiger charge is -2.32. The highest BCUT2D eigenvalue weighted by atomic mass is 35.5. The smallest absolute Gasteiger partial charge is 0.482 e. The van der Waals surface area contributed by atoms with E-state index in [1.165, 1.54) is 6.20 Å². The molecule has 2 aliphatic rings. The van der Waals surface area contributed by atoms with Crippen molar-refractivity contribution in [3.05, 3.63) is 86.6 Å². The number of benzene rings is 2. The van der Waals surface area contributed by atoms with Crippen LogP contribution in [0.3, 0.4) is 0 Å². The van der Waals surface area contributed by atoms with Gasteiger partial charge >= 0.3 is 13.3 Å². The van der Waals surface area contributed by atoms with Gasteiger partial charge < -0.3 is 14.0 Å². The van der Waals surface area contributed by atoms with Crippen LogP contribution in [-0.2, 0) is 42.1 Å². The van der Waals surface area contributed by atoms with Gasteiger partial charge in [0.25, 0.3) is 5.56 Å². The average Bonchev–Trinajstić information content (AvgIpc) is 3.36. The van der Waals surface area contributed by atoms with Crippen molar-refractivity contribution in [3.8, 4) is 5.75 Å². The lowest BCUT2D eigenvalue weighted by molar-refractivity contribution is -0.142. The number of nitrogens with zero attached hydrogens (tertiary/aromatic N) is 3. The van der Waals surface area contributed by atoms with Gasteiger partial charge in [-0.05, 0) is 50.5 Å². The van der Waals surface area contributed by atoms with Gasteiger partial charge in [0.15, 0.2) is 0 Å². The molecule has 1 saturated heterocycles. The molecule has 212 valence electrons. The van der Waals surface area contributed by atoms with Crippen molar-refractivity contribution in [2.24, 2.45) is 0 Å². The molecule has 0 saturated carbocycles. The third-order valence-corrected chi connectivity index (χ3v) is 8.00. The van der Waals surface area contributed by atoms with Crippen molar-refractivity contribution in [1.82, 2.24) is 14.5 Å². The average molecular weight is 576 g/mol. The first-order valence-electron chi connectivity index (χ1n) is 12.9. The van der Waals surface area contributed by atoms with E-state index >= 15 is 0 Å². The molecule has 5 rings (SSSR count). The standard InChI is InChI=1S/C28H30BClF3N3O4/c1-26(2)27(3,4)40-29(39-26)21-10-9-18(11-22(21)30)16-38-23-12-34-24(36(25(23)37)17-28(31,32)33)15-35-13-19-7-5-6-8-20(19)14-35/h5-12H,13-17H2,1-4H3. The van der Waals surface area contributed by atoms with Crippen LogP contribution in [0.15, 0.2) is 53.5 Å². The topological polar surface area (TPSA) is 65.8 Å². The molecule has 0 amide bonds. The zero-order valence-electron chi connectivity index (χ0n) is 22.7. The molecule has 0 aliphatic carbocycles. The molecule has 0 N–H and O–H groups in total. The first-order valence-corrected chi connectivity index (χ1v) is 13.3. The number of ether oxygens (including phenoxy) is 1. The molecule has 1 fully saturated rings. The molecule has 2 aromatic carbocycles. The van der Waals surface area contributed by atoms with E-state index in [2.05, 4.69) is 4.98 Å². The summed E-state index contributed by atoms with van der Waals surface area (Å²) in [6, 6.07) is 13.0. The van der Waals surface area contributed by atoms with E-state index < -0.39 is 36.6 Å². The Kier molecular flexibility index (Phi) is 7.54. The van der Waals surface area contributed by atoms with Crippen molar-refractivity contribution in [1.29, 1.82) is 0 Å². The van der Waals surface area contributed by atoms with Crippen LogP contribution in [0.25, 0.3) is 0 Å². The predicted octanol–water partition coefficient (Wildman–Crippen LogP) is 4.85. The van der Waals surface area contributed by atoms with Gasteiger partial charge in [-0.3, -0.25) is 14.3 Å². The number of rotatable bonds is 7. The minimum Gasteiger partial charge on any atom is -0.482 e. The Labute approximate surface area is 236 Å². The summed E-state index contributed by atoms with van der Waals surface area (Å²) in [5.41, 5.74) is 1.52. The molecule has 0 atom stereocenters. The minimum absolute atomic E-state index is 0.0253. The lowest BCUT2D eigenvalue weighted by atomic mass is 9.78. The molecule has 2 aliphatic heterocycles. The number of hydrogen-bond donors (Lipinski definition) is 0. The zero-order chi connectivity index (χ0) is 28.9. The molecule has 3 heterocycles. The Hall–Kier alpha value is -2.86.